The molecule has 2 nitrogen and oxygen atoms in total. The summed E-state index contributed by atoms with van der Waals surface area (Å²) in [5.74, 6) is 0. The van der Waals surface area contributed by atoms with Gasteiger partial charge in [0.2, 0.25) is 0 Å². The van der Waals surface area contributed by atoms with Gasteiger partial charge in [0, 0.05) is 6.92 Å². The number of aliphatic hydroxyl groups is 1. The summed E-state index contributed by atoms with van der Waals surface area (Å²) >= 11 is 0. The molecule has 0 radical (unpaired) electrons. The average molecular weight is 617 g/mol. The largest absolute Gasteiger partial charge is 1.00 e. The van der Waals surface area contributed by atoms with Crippen molar-refractivity contribution in [3.8, 4) is 0 Å². The average Bonchev–Trinajstić information content (AvgIpc) is 2.96. The van der Waals surface area contributed by atoms with Crippen molar-refractivity contribution in [1.29, 1.82) is 0 Å². The van der Waals surface area contributed by atoms with Crippen molar-refractivity contribution in [3.05, 3.63) is 0 Å². The quantitative estimate of drug-likeness (QED) is 0.0427. The van der Waals surface area contributed by atoms with Gasteiger partial charge >= 0.3 is 0 Å². The van der Waals surface area contributed by atoms with E-state index in [0.717, 1.165) is 17.6 Å². The summed E-state index contributed by atoms with van der Waals surface area (Å²) in [7, 11) is 2.29. The number of unbranched alkanes of at least 4 members (excludes halogenated alkanes) is 30. The molecule has 0 heterocycles. The number of hydrogen-bond donors (Lipinski definition) is 1. The first-order chi connectivity index (χ1) is 20.1. The van der Waals surface area contributed by atoms with E-state index in [-0.39, 0.29) is 18.6 Å². The topological polar surface area (TPSA) is 20.2 Å². The first kappa shape index (κ1) is 44.3. The smallest absolute Gasteiger partial charge is 0.187 e. The Bertz CT molecular complexity index is 447. The second-order valence-electron chi connectivity index (χ2n) is 14.2. The van der Waals surface area contributed by atoms with Gasteiger partial charge in [-0.05, 0) is 25.7 Å². The number of hydrogen-bond acceptors (Lipinski definition) is 1. The number of rotatable bonds is 35. The highest BCUT2D eigenvalue weighted by molar-refractivity contribution is 4.53. The molecule has 0 fully saturated rings. The van der Waals surface area contributed by atoms with Crippen LogP contribution in [0.15, 0.2) is 0 Å². The molecule has 0 aliphatic heterocycles. The van der Waals surface area contributed by atoms with E-state index in [1.807, 2.05) is 6.92 Å². The van der Waals surface area contributed by atoms with E-state index < -0.39 is 0 Å². The lowest BCUT2D eigenvalue weighted by Gasteiger charge is -2.37. The molecule has 0 aromatic heterocycles. The van der Waals surface area contributed by atoms with Gasteiger partial charge in [-0.15, -0.1) is 0 Å². The third-order valence-corrected chi connectivity index (χ3v) is 9.95. The molecule has 42 heavy (non-hydrogen) atoms. The van der Waals surface area contributed by atoms with Crippen LogP contribution in [0.5, 0.6) is 0 Å². The van der Waals surface area contributed by atoms with E-state index in [9.17, 15) is 5.11 Å². The van der Waals surface area contributed by atoms with Crippen LogP contribution in [0.25, 0.3) is 0 Å². The van der Waals surface area contributed by atoms with E-state index >= 15 is 0 Å². The lowest BCUT2D eigenvalue weighted by Crippen LogP contribution is -3.00. The minimum Gasteiger partial charge on any atom is -1.00 e. The van der Waals surface area contributed by atoms with Crippen LogP contribution >= 0.6 is 0 Å². The normalized spacial score (nSPS) is 12.5. The Morgan fingerprint density at radius 1 is 0.357 bits per heavy atom. The third-order valence-electron chi connectivity index (χ3n) is 9.95. The Morgan fingerprint density at radius 2 is 0.524 bits per heavy atom. The van der Waals surface area contributed by atoms with Gasteiger partial charge in [-0.25, -0.2) is 0 Å². The summed E-state index contributed by atoms with van der Waals surface area (Å²) in [5.41, 5.74) is 0. The zero-order valence-corrected chi connectivity index (χ0v) is 30.6. The summed E-state index contributed by atoms with van der Waals surface area (Å²) in [6, 6.07) is 0. The fourth-order valence-electron chi connectivity index (χ4n) is 6.53. The summed E-state index contributed by atoms with van der Waals surface area (Å²) in [4.78, 5) is 0. The molecule has 256 valence electrons. The van der Waals surface area contributed by atoms with Crippen molar-refractivity contribution < 1.29 is 22.0 Å². The highest BCUT2D eigenvalue weighted by atomic mass is 35.5. The first-order valence-corrected chi connectivity index (χ1v) is 19.6. The van der Waals surface area contributed by atoms with Crippen LogP contribution in [-0.4, -0.2) is 36.0 Å². The molecule has 0 aliphatic rings. The molecular weight excluding hydrogens is 534 g/mol. The Labute approximate surface area is 274 Å². The van der Waals surface area contributed by atoms with Gasteiger partial charge in [-0.2, -0.15) is 0 Å². The maximum Gasteiger partial charge on any atom is 0.187 e. The van der Waals surface area contributed by atoms with Crippen molar-refractivity contribution in [2.45, 2.75) is 232 Å². The van der Waals surface area contributed by atoms with Crippen LogP contribution in [0.2, 0.25) is 0 Å². The fourth-order valence-corrected chi connectivity index (χ4v) is 6.53. The van der Waals surface area contributed by atoms with Gasteiger partial charge in [0.1, 0.15) is 0 Å². The Morgan fingerprint density at radius 3 is 0.690 bits per heavy atom. The van der Waals surface area contributed by atoms with Gasteiger partial charge in [-0.3, -0.25) is 0 Å². The van der Waals surface area contributed by atoms with E-state index in [1.54, 1.807) is 0 Å². The van der Waals surface area contributed by atoms with Crippen LogP contribution in [0.3, 0.4) is 0 Å². The molecule has 1 unspecified atom stereocenters. The minimum absolute atomic E-state index is 0. The second-order valence-corrected chi connectivity index (χ2v) is 14.2. The molecule has 0 spiro atoms. The van der Waals surface area contributed by atoms with Crippen LogP contribution in [-0.2, 0) is 0 Å². The predicted molar refractivity (Wildman–Crippen MR) is 187 cm³/mol. The molecule has 0 aromatic carbocycles. The van der Waals surface area contributed by atoms with Gasteiger partial charge in [0.25, 0.3) is 0 Å². The zero-order chi connectivity index (χ0) is 30.1. The molecule has 3 heteroatoms. The van der Waals surface area contributed by atoms with Crippen LogP contribution in [0.1, 0.15) is 226 Å². The highest BCUT2D eigenvalue weighted by Crippen LogP contribution is 2.18. The molecule has 0 aromatic rings. The van der Waals surface area contributed by atoms with Gasteiger partial charge < -0.3 is 22.0 Å². The number of nitrogens with zero attached hydrogens (tertiary/aromatic N) is 1. The van der Waals surface area contributed by atoms with Crippen molar-refractivity contribution >= 4 is 0 Å². The standard InChI is InChI=1S/C39H82NO.ClH/c1-5-7-9-11-13-15-17-19-21-23-25-27-29-31-33-35-37-40(4,39(3)41)38-36-34-32-30-28-26-24-22-20-18-16-14-12-10-8-6-2;/h39,41H,5-38H2,1-4H3;1H/q+1;/p-1. The monoisotopic (exact) mass is 616 g/mol. The lowest BCUT2D eigenvalue weighted by atomic mass is 10.0. The lowest BCUT2D eigenvalue weighted by molar-refractivity contribution is -0.952. The SMILES string of the molecule is CCCCCCCCCCCCCCCCCC[N+](C)(CCCCCCCCCCCCCCCCCC)C(C)O.[Cl-]. The summed E-state index contributed by atoms with van der Waals surface area (Å²) in [6.45, 7) is 8.91. The van der Waals surface area contributed by atoms with E-state index in [2.05, 4.69) is 20.9 Å². The van der Waals surface area contributed by atoms with Gasteiger partial charge in [0.05, 0.1) is 20.1 Å². The Hall–Kier alpha value is 0.210. The summed E-state index contributed by atoms with van der Waals surface area (Å²) in [6.07, 6.45) is 45.3. The maximum atomic E-state index is 10.5. The molecule has 0 rings (SSSR count). The minimum atomic E-state index is -0.234. The Balaban J connectivity index is 0. The van der Waals surface area contributed by atoms with Crippen molar-refractivity contribution in [2.75, 3.05) is 20.1 Å². The fraction of sp³-hybridized carbons (Fsp3) is 1.00. The number of aliphatic hydroxyl groups excluding tert-OH is 1. The zero-order valence-electron chi connectivity index (χ0n) is 29.9. The van der Waals surface area contributed by atoms with E-state index in [1.165, 1.54) is 205 Å². The molecule has 1 atom stereocenters. The number of halogens is 1. The van der Waals surface area contributed by atoms with Crippen molar-refractivity contribution in [3.63, 3.8) is 0 Å². The molecule has 0 bridgehead atoms. The molecule has 0 amide bonds. The third kappa shape index (κ3) is 31.6. The van der Waals surface area contributed by atoms with Crippen molar-refractivity contribution in [1.82, 2.24) is 0 Å². The second kappa shape index (κ2) is 35.7. The number of quaternary nitrogens is 1. The molecule has 0 saturated heterocycles. The van der Waals surface area contributed by atoms with Gasteiger partial charge in [0.15, 0.2) is 6.23 Å². The summed E-state index contributed by atoms with van der Waals surface area (Å²) in [5, 5.41) is 10.5. The molecule has 0 aliphatic carbocycles. The van der Waals surface area contributed by atoms with Gasteiger partial charge in [-0.1, -0.05) is 194 Å². The first-order valence-electron chi connectivity index (χ1n) is 19.6. The molecule has 1 N–H and O–H groups in total. The predicted octanol–water partition coefficient (Wildman–Crippen LogP) is 10.3. The molecule has 0 saturated carbocycles. The van der Waals surface area contributed by atoms with Crippen LogP contribution < -0.4 is 12.4 Å². The maximum absolute atomic E-state index is 10.5. The van der Waals surface area contributed by atoms with E-state index in [0.29, 0.717) is 0 Å². The highest BCUT2D eigenvalue weighted by Gasteiger charge is 2.26. The Kier molecular flexibility index (Phi) is 37.7. The summed E-state index contributed by atoms with van der Waals surface area (Å²) < 4.78 is 0.858. The van der Waals surface area contributed by atoms with E-state index in [4.69, 9.17) is 0 Å². The van der Waals surface area contributed by atoms with Crippen LogP contribution in [0.4, 0.5) is 0 Å². The van der Waals surface area contributed by atoms with Crippen LogP contribution in [0, 0.1) is 0 Å². The van der Waals surface area contributed by atoms with Crippen molar-refractivity contribution in [2.24, 2.45) is 0 Å². The molecular formula is C39H82ClNO.